The summed E-state index contributed by atoms with van der Waals surface area (Å²) in [6.45, 7) is 8.45. The van der Waals surface area contributed by atoms with Crippen LogP contribution in [0.3, 0.4) is 0 Å². The largest absolute Gasteiger partial charge is 0.379 e. The van der Waals surface area contributed by atoms with Crippen LogP contribution in [0.25, 0.3) is 0 Å². The molecular weight excluding hydrogens is 229 g/mol. The van der Waals surface area contributed by atoms with Gasteiger partial charge >= 0.3 is 0 Å². The summed E-state index contributed by atoms with van der Waals surface area (Å²) in [5, 5.41) is 3.29. The summed E-state index contributed by atoms with van der Waals surface area (Å²) in [5.74, 6) is 0.0508. The summed E-state index contributed by atoms with van der Waals surface area (Å²) in [4.78, 5) is 0. The van der Waals surface area contributed by atoms with Crippen LogP contribution in [-0.4, -0.2) is 25.8 Å². The van der Waals surface area contributed by atoms with Crippen LogP contribution in [0.4, 0.5) is 4.39 Å². The van der Waals surface area contributed by atoms with E-state index in [4.69, 9.17) is 4.74 Å². The van der Waals surface area contributed by atoms with Gasteiger partial charge in [0.1, 0.15) is 5.82 Å². The van der Waals surface area contributed by atoms with Crippen LogP contribution in [0.1, 0.15) is 38.7 Å². The summed E-state index contributed by atoms with van der Waals surface area (Å²) in [6, 6.07) is 7.01. The van der Waals surface area contributed by atoms with Gasteiger partial charge in [0.25, 0.3) is 0 Å². The fourth-order valence-electron chi connectivity index (χ4n) is 1.94. The van der Waals surface area contributed by atoms with Crippen molar-refractivity contribution in [3.8, 4) is 0 Å². The molecule has 0 fully saturated rings. The van der Waals surface area contributed by atoms with E-state index >= 15 is 0 Å². The third-order valence-corrected chi connectivity index (χ3v) is 2.90. The van der Waals surface area contributed by atoms with E-state index in [1.54, 1.807) is 6.07 Å². The fraction of sp³-hybridized carbons (Fsp3) is 0.600. The Morgan fingerprint density at radius 3 is 2.61 bits per heavy atom. The smallest absolute Gasteiger partial charge is 0.126 e. The van der Waals surface area contributed by atoms with Crippen LogP contribution in [-0.2, 0) is 4.74 Å². The highest BCUT2D eigenvalue weighted by Crippen LogP contribution is 2.22. The third-order valence-electron chi connectivity index (χ3n) is 2.90. The van der Waals surface area contributed by atoms with Crippen LogP contribution in [0.15, 0.2) is 24.3 Å². The molecule has 0 radical (unpaired) electrons. The molecule has 0 aliphatic carbocycles. The van der Waals surface area contributed by atoms with Crippen molar-refractivity contribution < 1.29 is 9.13 Å². The number of rotatable bonds is 8. The van der Waals surface area contributed by atoms with Crippen molar-refractivity contribution in [2.45, 2.75) is 39.2 Å². The standard InChI is InChI=1S/C15H24FNO/c1-4-17-11-13(9-10-18-12(2)3)14-7-5-6-8-15(14)16/h5-8,12-13,17H,4,9-11H2,1-3H3. The predicted octanol–water partition coefficient (Wildman–Crippen LogP) is 3.33. The maximum atomic E-state index is 13.8. The maximum Gasteiger partial charge on any atom is 0.126 e. The van der Waals surface area contributed by atoms with Gasteiger partial charge in [-0.05, 0) is 38.4 Å². The van der Waals surface area contributed by atoms with E-state index in [0.29, 0.717) is 6.61 Å². The molecule has 1 rings (SSSR count). The Morgan fingerprint density at radius 2 is 2.00 bits per heavy atom. The van der Waals surface area contributed by atoms with Crippen molar-refractivity contribution in [1.29, 1.82) is 0 Å². The highest BCUT2D eigenvalue weighted by molar-refractivity contribution is 5.22. The minimum Gasteiger partial charge on any atom is -0.379 e. The van der Waals surface area contributed by atoms with Crippen LogP contribution in [0.2, 0.25) is 0 Å². The molecule has 18 heavy (non-hydrogen) atoms. The molecular formula is C15H24FNO. The lowest BCUT2D eigenvalue weighted by Gasteiger charge is -2.19. The monoisotopic (exact) mass is 253 g/mol. The average molecular weight is 253 g/mol. The van der Waals surface area contributed by atoms with Crippen molar-refractivity contribution in [3.63, 3.8) is 0 Å². The first-order chi connectivity index (χ1) is 8.65. The Hall–Kier alpha value is -0.930. The molecule has 0 aliphatic rings. The Kier molecular flexibility index (Phi) is 6.91. The molecule has 0 heterocycles. The lowest BCUT2D eigenvalue weighted by molar-refractivity contribution is 0.0731. The Balaban J connectivity index is 2.62. The summed E-state index contributed by atoms with van der Waals surface area (Å²) in [6.07, 6.45) is 1.07. The van der Waals surface area contributed by atoms with Crippen molar-refractivity contribution in [3.05, 3.63) is 35.6 Å². The number of benzene rings is 1. The first-order valence-electron chi connectivity index (χ1n) is 6.71. The Bertz CT molecular complexity index is 341. The molecule has 1 N–H and O–H groups in total. The molecule has 3 heteroatoms. The minimum atomic E-state index is -0.120. The fourth-order valence-corrected chi connectivity index (χ4v) is 1.94. The zero-order chi connectivity index (χ0) is 13.4. The van der Waals surface area contributed by atoms with E-state index < -0.39 is 0 Å². The molecule has 1 unspecified atom stereocenters. The molecule has 0 saturated carbocycles. The van der Waals surface area contributed by atoms with Gasteiger partial charge in [0.15, 0.2) is 0 Å². The van der Waals surface area contributed by atoms with E-state index in [9.17, 15) is 4.39 Å². The van der Waals surface area contributed by atoms with Gasteiger partial charge in [-0.25, -0.2) is 4.39 Å². The van der Waals surface area contributed by atoms with Gasteiger partial charge in [-0.15, -0.1) is 0 Å². The zero-order valence-electron chi connectivity index (χ0n) is 11.6. The molecule has 1 atom stereocenters. The van der Waals surface area contributed by atoms with E-state index in [1.807, 2.05) is 26.0 Å². The minimum absolute atomic E-state index is 0.120. The summed E-state index contributed by atoms with van der Waals surface area (Å²) >= 11 is 0. The van der Waals surface area contributed by atoms with Crippen LogP contribution in [0.5, 0.6) is 0 Å². The third kappa shape index (κ3) is 5.15. The number of hydrogen-bond donors (Lipinski definition) is 1. The van der Waals surface area contributed by atoms with Gasteiger partial charge < -0.3 is 10.1 Å². The quantitative estimate of drug-likeness (QED) is 0.767. The molecule has 0 aliphatic heterocycles. The number of nitrogens with one attached hydrogen (secondary N) is 1. The molecule has 1 aromatic rings. The SMILES string of the molecule is CCNCC(CCOC(C)C)c1ccccc1F. The van der Waals surface area contributed by atoms with Crippen molar-refractivity contribution in [1.82, 2.24) is 5.32 Å². The van der Waals surface area contributed by atoms with Crippen molar-refractivity contribution in [2.24, 2.45) is 0 Å². The van der Waals surface area contributed by atoms with E-state index in [0.717, 1.165) is 25.1 Å². The van der Waals surface area contributed by atoms with Gasteiger partial charge in [-0.2, -0.15) is 0 Å². The van der Waals surface area contributed by atoms with Gasteiger partial charge in [0.05, 0.1) is 6.10 Å². The Morgan fingerprint density at radius 1 is 1.28 bits per heavy atom. The lowest BCUT2D eigenvalue weighted by atomic mass is 9.95. The molecule has 0 aromatic heterocycles. The molecule has 1 aromatic carbocycles. The molecule has 0 bridgehead atoms. The second-order valence-corrected chi connectivity index (χ2v) is 4.73. The highest BCUT2D eigenvalue weighted by Gasteiger charge is 2.15. The first-order valence-corrected chi connectivity index (χ1v) is 6.71. The normalized spacial score (nSPS) is 12.9. The molecule has 0 saturated heterocycles. The number of likely N-dealkylation sites (N-methyl/N-ethyl adjacent to an activating group) is 1. The average Bonchev–Trinajstić information content (AvgIpc) is 2.34. The number of ether oxygens (including phenoxy) is 1. The van der Waals surface area contributed by atoms with E-state index in [2.05, 4.69) is 12.2 Å². The molecule has 0 spiro atoms. The summed E-state index contributed by atoms with van der Waals surface area (Å²) in [5.41, 5.74) is 0.783. The highest BCUT2D eigenvalue weighted by atomic mass is 19.1. The predicted molar refractivity (Wildman–Crippen MR) is 73.4 cm³/mol. The van der Waals surface area contributed by atoms with Gasteiger partial charge in [-0.1, -0.05) is 25.1 Å². The van der Waals surface area contributed by atoms with E-state index in [-0.39, 0.29) is 17.8 Å². The maximum absolute atomic E-state index is 13.8. The number of hydrogen-bond acceptors (Lipinski definition) is 2. The van der Waals surface area contributed by atoms with E-state index in [1.165, 1.54) is 6.07 Å². The second-order valence-electron chi connectivity index (χ2n) is 4.73. The van der Waals surface area contributed by atoms with Crippen molar-refractivity contribution in [2.75, 3.05) is 19.7 Å². The van der Waals surface area contributed by atoms with Gasteiger partial charge in [-0.3, -0.25) is 0 Å². The molecule has 0 amide bonds. The van der Waals surface area contributed by atoms with Crippen LogP contribution < -0.4 is 5.32 Å². The lowest BCUT2D eigenvalue weighted by Crippen LogP contribution is -2.23. The summed E-state index contributed by atoms with van der Waals surface area (Å²) < 4.78 is 19.3. The first kappa shape index (κ1) is 15.1. The Labute approximate surface area is 110 Å². The second kappa shape index (κ2) is 8.22. The van der Waals surface area contributed by atoms with Gasteiger partial charge in [0, 0.05) is 19.1 Å². The summed E-state index contributed by atoms with van der Waals surface area (Å²) in [7, 11) is 0. The van der Waals surface area contributed by atoms with Gasteiger partial charge in [0.2, 0.25) is 0 Å². The molecule has 102 valence electrons. The number of halogens is 1. The van der Waals surface area contributed by atoms with Crippen molar-refractivity contribution >= 4 is 0 Å². The van der Waals surface area contributed by atoms with Crippen LogP contribution in [0, 0.1) is 5.82 Å². The van der Waals surface area contributed by atoms with Crippen LogP contribution >= 0.6 is 0 Å². The topological polar surface area (TPSA) is 21.3 Å². The zero-order valence-corrected chi connectivity index (χ0v) is 11.6. The molecule has 2 nitrogen and oxygen atoms in total.